The Morgan fingerprint density at radius 3 is 1.96 bits per heavy atom. The molecule has 0 bridgehead atoms. The third-order valence-electron chi connectivity index (χ3n) is 5.19. The first-order valence-electron chi connectivity index (χ1n) is 9.57. The summed E-state index contributed by atoms with van der Waals surface area (Å²) in [6.45, 7) is 4.39. The molecule has 4 rings (SSSR count). The van der Waals surface area contributed by atoms with Crippen LogP contribution in [0.1, 0.15) is 23.6 Å². The zero-order valence-electron chi connectivity index (χ0n) is 15.1. The van der Waals surface area contributed by atoms with E-state index in [4.69, 9.17) is 0 Å². The SMILES string of the molecule is c1ccc(-c2ccc(C(c3ccccc3)N3CCCNCC3)cc2)cc1. The van der Waals surface area contributed by atoms with Gasteiger partial charge in [-0.25, -0.2) is 0 Å². The minimum atomic E-state index is 0.320. The van der Waals surface area contributed by atoms with Gasteiger partial charge in [0, 0.05) is 19.6 Å². The van der Waals surface area contributed by atoms with Crippen LogP contribution in [0.15, 0.2) is 84.9 Å². The van der Waals surface area contributed by atoms with Crippen molar-refractivity contribution >= 4 is 0 Å². The second kappa shape index (κ2) is 8.31. The van der Waals surface area contributed by atoms with Gasteiger partial charge >= 0.3 is 0 Å². The Morgan fingerprint density at radius 1 is 0.615 bits per heavy atom. The van der Waals surface area contributed by atoms with Crippen LogP contribution < -0.4 is 5.32 Å². The van der Waals surface area contributed by atoms with Crippen LogP contribution in [0.2, 0.25) is 0 Å². The summed E-state index contributed by atoms with van der Waals surface area (Å²) in [4.78, 5) is 2.62. The first-order valence-corrected chi connectivity index (χ1v) is 9.57. The van der Waals surface area contributed by atoms with Crippen LogP contribution in [-0.2, 0) is 0 Å². The van der Waals surface area contributed by atoms with Gasteiger partial charge in [0.15, 0.2) is 0 Å². The summed E-state index contributed by atoms with van der Waals surface area (Å²) in [6, 6.07) is 31.0. The van der Waals surface area contributed by atoms with Gasteiger partial charge in [-0.1, -0.05) is 84.9 Å². The normalized spacial score (nSPS) is 16.8. The Labute approximate surface area is 156 Å². The maximum absolute atomic E-state index is 3.52. The minimum absolute atomic E-state index is 0.320. The third kappa shape index (κ3) is 3.87. The Kier molecular flexibility index (Phi) is 5.44. The van der Waals surface area contributed by atoms with Gasteiger partial charge < -0.3 is 5.32 Å². The molecular formula is C24H26N2. The monoisotopic (exact) mass is 342 g/mol. The fraction of sp³-hybridized carbons (Fsp3) is 0.250. The lowest BCUT2D eigenvalue weighted by Gasteiger charge is -2.31. The van der Waals surface area contributed by atoms with Gasteiger partial charge in [-0.05, 0) is 35.2 Å². The Morgan fingerprint density at radius 2 is 1.23 bits per heavy atom. The van der Waals surface area contributed by atoms with Crippen LogP contribution in [0.4, 0.5) is 0 Å². The average molecular weight is 342 g/mol. The molecule has 1 atom stereocenters. The van der Waals surface area contributed by atoms with Gasteiger partial charge in [0.25, 0.3) is 0 Å². The molecule has 2 heteroatoms. The van der Waals surface area contributed by atoms with Gasteiger partial charge in [-0.15, -0.1) is 0 Å². The average Bonchev–Trinajstić information content (AvgIpc) is 3.00. The summed E-state index contributed by atoms with van der Waals surface area (Å²) in [6.07, 6.45) is 1.20. The molecule has 1 aliphatic rings. The van der Waals surface area contributed by atoms with Crippen molar-refractivity contribution < 1.29 is 0 Å². The highest BCUT2D eigenvalue weighted by atomic mass is 15.2. The molecule has 0 aliphatic carbocycles. The van der Waals surface area contributed by atoms with Crippen LogP contribution in [-0.4, -0.2) is 31.1 Å². The molecular weight excluding hydrogens is 316 g/mol. The van der Waals surface area contributed by atoms with E-state index in [-0.39, 0.29) is 0 Å². The van der Waals surface area contributed by atoms with Crippen molar-refractivity contribution in [3.8, 4) is 11.1 Å². The van der Waals surface area contributed by atoms with Gasteiger partial charge in [-0.2, -0.15) is 0 Å². The molecule has 1 aliphatic heterocycles. The van der Waals surface area contributed by atoms with Crippen molar-refractivity contribution in [1.82, 2.24) is 10.2 Å². The second-order valence-electron chi connectivity index (χ2n) is 6.94. The highest BCUT2D eigenvalue weighted by molar-refractivity contribution is 5.63. The number of rotatable bonds is 4. The maximum atomic E-state index is 3.52. The lowest BCUT2D eigenvalue weighted by atomic mass is 9.94. The van der Waals surface area contributed by atoms with Crippen LogP contribution >= 0.6 is 0 Å². The largest absolute Gasteiger partial charge is 0.315 e. The highest BCUT2D eigenvalue weighted by Crippen LogP contribution is 2.30. The summed E-state index contributed by atoms with van der Waals surface area (Å²) in [5.74, 6) is 0. The van der Waals surface area contributed by atoms with Crippen molar-refractivity contribution in [3.63, 3.8) is 0 Å². The fourth-order valence-electron chi connectivity index (χ4n) is 3.86. The van der Waals surface area contributed by atoms with Gasteiger partial charge in [0.05, 0.1) is 6.04 Å². The van der Waals surface area contributed by atoms with E-state index in [1.807, 2.05) is 0 Å². The molecule has 0 saturated carbocycles. The predicted octanol–water partition coefficient (Wildman–Crippen LogP) is 4.74. The number of benzene rings is 3. The first kappa shape index (κ1) is 17.0. The molecule has 0 radical (unpaired) electrons. The van der Waals surface area contributed by atoms with Crippen LogP contribution in [0.3, 0.4) is 0 Å². The van der Waals surface area contributed by atoms with E-state index in [2.05, 4.69) is 95.1 Å². The fourth-order valence-corrected chi connectivity index (χ4v) is 3.86. The molecule has 1 N–H and O–H groups in total. The van der Waals surface area contributed by atoms with E-state index in [0.717, 1.165) is 26.2 Å². The smallest absolute Gasteiger partial charge is 0.0602 e. The van der Waals surface area contributed by atoms with E-state index in [0.29, 0.717) is 6.04 Å². The summed E-state index contributed by atoms with van der Waals surface area (Å²) in [5.41, 5.74) is 5.30. The molecule has 132 valence electrons. The molecule has 0 spiro atoms. The molecule has 26 heavy (non-hydrogen) atoms. The van der Waals surface area contributed by atoms with Crippen LogP contribution in [0, 0.1) is 0 Å². The quantitative estimate of drug-likeness (QED) is 0.737. The Bertz CT molecular complexity index is 789. The molecule has 1 fully saturated rings. The van der Waals surface area contributed by atoms with E-state index in [9.17, 15) is 0 Å². The number of nitrogens with zero attached hydrogens (tertiary/aromatic N) is 1. The van der Waals surface area contributed by atoms with Crippen LogP contribution in [0.25, 0.3) is 11.1 Å². The van der Waals surface area contributed by atoms with Gasteiger partial charge in [0.2, 0.25) is 0 Å². The molecule has 1 unspecified atom stereocenters. The summed E-state index contributed by atoms with van der Waals surface area (Å²) in [7, 11) is 0. The molecule has 0 aromatic heterocycles. The highest BCUT2D eigenvalue weighted by Gasteiger charge is 2.23. The minimum Gasteiger partial charge on any atom is -0.315 e. The molecule has 3 aromatic carbocycles. The molecule has 1 heterocycles. The lowest BCUT2D eigenvalue weighted by Crippen LogP contribution is -2.33. The van der Waals surface area contributed by atoms with Crippen molar-refractivity contribution in [3.05, 3.63) is 96.1 Å². The van der Waals surface area contributed by atoms with Crippen molar-refractivity contribution in [2.24, 2.45) is 0 Å². The summed E-state index contributed by atoms with van der Waals surface area (Å²) < 4.78 is 0. The number of hydrogen-bond acceptors (Lipinski definition) is 2. The Hall–Kier alpha value is -2.42. The van der Waals surface area contributed by atoms with Gasteiger partial charge in [0.1, 0.15) is 0 Å². The molecule has 2 nitrogen and oxygen atoms in total. The molecule has 3 aromatic rings. The lowest BCUT2D eigenvalue weighted by molar-refractivity contribution is 0.241. The van der Waals surface area contributed by atoms with Crippen molar-refractivity contribution in [2.75, 3.05) is 26.2 Å². The summed E-state index contributed by atoms with van der Waals surface area (Å²) in [5, 5.41) is 3.52. The summed E-state index contributed by atoms with van der Waals surface area (Å²) >= 11 is 0. The maximum Gasteiger partial charge on any atom is 0.0602 e. The second-order valence-corrected chi connectivity index (χ2v) is 6.94. The zero-order chi connectivity index (χ0) is 17.6. The number of nitrogens with one attached hydrogen (secondary N) is 1. The van der Waals surface area contributed by atoms with E-state index in [1.165, 1.54) is 28.7 Å². The van der Waals surface area contributed by atoms with Crippen LogP contribution in [0.5, 0.6) is 0 Å². The predicted molar refractivity (Wildman–Crippen MR) is 109 cm³/mol. The first-order chi connectivity index (χ1) is 12.9. The Balaban J connectivity index is 1.67. The van der Waals surface area contributed by atoms with E-state index >= 15 is 0 Å². The van der Waals surface area contributed by atoms with E-state index in [1.54, 1.807) is 0 Å². The van der Waals surface area contributed by atoms with Crippen molar-refractivity contribution in [1.29, 1.82) is 0 Å². The van der Waals surface area contributed by atoms with Gasteiger partial charge in [-0.3, -0.25) is 4.90 Å². The standard InChI is InChI=1S/C24H26N2/c1-3-8-20(9-4-1)21-12-14-23(15-13-21)24(22-10-5-2-6-11-22)26-18-7-16-25-17-19-26/h1-6,8-15,24-25H,7,16-19H2. The molecule has 1 saturated heterocycles. The molecule has 0 amide bonds. The topological polar surface area (TPSA) is 15.3 Å². The van der Waals surface area contributed by atoms with E-state index < -0.39 is 0 Å². The zero-order valence-corrected chi connectivity index (χ0v) is 15.1. The third-order valence-corrected chi connectivity index (χ3v) is 5.19. The van der Waals surface area contributed by atoms with Crippen molar-refractivity contribution in [2.45, 2.75) is 12.5 Å². The number of hydrogen-bond donors (Lipinski definition) is 1.